The molecule has 1 aromatic carbocycles. The molecule has 3 rings (SSSR count). The van der Waals surface area contributed by atoms with E-state index in [0.29, 0.717) is 22.3 Å². The van der Waals surface area contributed by atoms with Gasteiger partial charge in [-0.25, -0.2) is 0 Å². The highest BCUT2D eigenvalue weighted by atomic mass is 35.5. The van der Waals surface area contributed by atoms with Gasteiger partial charge in [-0.2, -0.15) is 4.98 Å². The molecule has 0 saturated heterocycles. The van der Waals surface area contributed by atoms with Crippen LogP contribution in [0.1, 0.15) is 18.7 Å². The molecule has 1 aromatic heterocycles. The second-order valence-electron chi connectivity index (χ2n) is 4.41. The number of rotatable bonds is 4. The fourth-order valence-corrected chi connectivity index (χ4v) is 2.00. The lowest BCUT2D eigenvalue weighted by molar-refractivity contribution is -0.119. The second kappa shape index (κ2) is 4.53. The average Bonchev–Trinajstić information content (AvgIpc) is 3.12. The number of aromatic nitrogens is 2. The fourth-order valence-electron chi connectivity index (χ4n) is 1.78. The molecule has 5 heteroatoms. The zero-order valence-corrected chi connectivity index (χ0v) is 10.4. The van der Waals surface area contributed by atoms with Crippen molar-refractivity contribution in [1.82, 2.24) is 10.1 Å². The van der Waals surface area contributed by atoms with Crippen LogP contribution < -0.4 is 0 Å². The zero-order chi connectivity index (χ0) is 12.5. The summed E-state index contributed by atoms with van der Waals surface area (Å²) in [6.07, 6.45) is 2.21. The normalized spacial score (nSPS) is 14.7. The summed E-state index contributed by atoms with van der Waals surface area (Å²) in [6, 6.07) is 7.28. The van der Waals surface area contributed by atoms with E-state index in [0.717, 1.165) is 12.8 Å². The van der Waals surface area contributed by atoms with E-state index in [2.05, 4.69) is 10.1 Å². The number of ketones is 1. The van der Waals surface area contributed by atoms with Gasteiger partial charge < -0.3 is 4.52 Å². The molecule has 0 aliphatic heterocycles. The molecule has 4 nitrogen and oxygen atoms in total. The Morgan fingerprint density at radius 3 is 2.89 bits per heavy atom. The fraction of sp³-hybridized carbons (Fsp3) is 0.308. The summed E-state index contributed by atoms with van der Waals surface area (Å²) in [5.74, 6) is 1.19. The average molecular weight is 263 g/mol. The van der Waals surface area contributed by atoms with Crippen molar-refractivity contribution in [3.63, 3.8) is 0 Å². The third kappa shape index (κ3) is 2.29. The van der Waals surface area contributed by atoms with E-state index in [1.165, 1.54) is 0 Å². The van der Waals surface area contributed by atoms with Crippen LogP contribution in [0, 0.1) is 5.92 Å². The van der Waals surface area contributed by atoms with Crippen LogP contribution >= 0.6 is 11.6 Å². The summed E-state index contributed by atoms with van der Waals surface area (Å²) in [4.78, 5) is 15.8. The summed E-state index contributed by atoms with van der Waals surface area (Å²) in [6.45, 7) is 0. The molecule has 2 aromatic rings. The van der Waals surface area contributed by atoms with Gasteiger partial charge in [-0.3, -0.25) is 4.79 Å². The lowest BCUT2D eigenvalue weighted by Gasteiger charge is -1.96. The van der Waals surface area contributed by atoms with Crippen LogP contribution in [0.25, 0.3) is 11.4 Å². The largest absolute Gasteiger partial charge is 0.338 e. The van der Waals surface area contributed by atoms with Gasteiger partial charge in [0.25, 0.3) is 0 Å². The first kappa shape index (κ1) is 11.4. The van der Waals surface area contributed by atoms with Gasteiger partial charge in [0.15, 0.2) is 0 Å². The van der Waals surface area contributed by atoms with Gasteiger partial charge >= 0.3 is 0 Å². The third-order valence-corrected chi connectivity index (χ3v) is 3.27. The summed E-state index contributed by atoms with van der Waals surface area (Å²) in [5, 5.41) is 4.43. The maximum absolute atomic E-state index is 11.6. The second-order valence-corrected chi connectivity index (χ2v) is 4.82. The highest BCUT2D eigenvalue weighted by Gasteiger charge is 2.30. The van der Waals surface area contributed by atoms with Gasteiger partial charge in [0.05, 0.1) is 11.4 Å². The highest BCUT2D eigenvalue weighted by molar-refractivity contribution is 6.33. The Hall–Kier alpha value is -1.68. The first-order valence-corrected chi connectivity index (χ1v) is 6.22. The van der Waals surface area contributed by atoms with Gasteiger partial charge in [-0.15, -0.1) is 0 Å². The van der Waals surface area contributed by atoms with Crippen molar-refractivity contribution in [2.45, 2.75) is 19.3 Å². The number of nitrogens with zero attached hydrogens (tertiary/aromatic N) is 2. The summed E-state index contributed by atoms with van der Waals surface area (Å²) < 4.78 is 5.08. The van der Waals surface area contributed by atoms with Gasteiger partial charge in [-0.1, -0.05) is 28.9 Å². The number of hydrogen-bond donors (Lipinski definition) is 0. The Morgan fingerprint density at radius 2 is 2.17 bits per heavy atom. The predicted molar refractivity (Wildman–Crippen MR) is 66.2 cm³/mol. The minimum Gasteiger partial charge on any atom is -0.338 e. The molecule has 0 atom stereocenters. The van der Waals surface area contributed by atoms with Crippen molar-refractivity contribution in [1.29, 1.82) is 0 Å². The van der Waals surface area contributed by atoms with Crippen molar-refractivity contribution in [3.05, 3.63) is 35.2 Å². The SMILES string of the molecule is O=C(Cc1nc(-c2ccccc2Cl)no1)C1CC1. The Balaban J connectivity index is 1.80. The quantitative estimate of drug-likeness (QED) is 0.850. The zero-order valence-electron chi connectivity index (χ0n) is 9.60. The van der Waals surface area contributed by atoms with Gasteiger partial charge in [0.2, 0.25) is 11.7 Å². The lowest BCUT2D eigenvalue weighted by atomic mass is 10.2. The minimum atomic E-state index is 0.185. The van der Waals surface area contributed by atoms with Crippen LogP contribution in [0.2, 0.25) is 5.02 Å². The number of halogens is 1. The van der Waals surface area contributed by atoms with E-state index in [1.807, 2.05) is 18.2 Å². The third-order valence-electron chi connectivity index (χ3n) is 2.94. The summed E-state index contributed by atoms with van der Waals surface area (Å²) >= 11 is 6.05. The van der Waals surface area contributed by atoms with Crippen molar-refractivity contribution in [2.75, 3.05) is 0 Å². The maximum atomic E-state index is 11.6. The topological polar surface area (TPSA) is 56.0 Å². The van der Waals surface area contributed by atoms with Crippen LogP contribution in [-0.2, 0) is 11.2 Å². The van der Waals surface area contributed by atoms with Crippen molar-refractivity contribution in [3.8, 4) is 11.4 Å². The van der Waals surface area contributed by atoms with Crippen molar-refractivity contribution in [2.24, 2.45) is 5.92 Å². The molecule has 0 amide bonds. The van der Waals surface area contributed by atoms with Crippen molar-refractivity contribution < 1.29 is 9.32 Å². The molecule has 0 bridgehead atoms. The molecular formula is C13H11ClN2O2. The number of benzene rings is 1. The number of carbonyl (C=O) groups is 1. The Kier molecular flexibility index (Phi) is 2.88. The molecule has 1 heterocycles. The predicted octanol–water partition coefficient (Wildman–Crippen LogP) is 2.91. The summed E-state index contributed by atoms with van der Waals surface area (Å²) in [5.41, 5.74) is 0.716. The molecule has 1 aliphatic rings. The number of carbonyl (C=O) groups excluding carboxylic acids is 1. The molecule has 18 heavy (non-hydrogen) atoms. The molecule has 1 fully saturated rings. The van der Waals surface area contributed by atoms with E-state index >= 15 is 0 Å². The molecule has 0 N–H and O–H groups in total. The lowest BCUT2D eigenvalue weighted by Crippen LogP contribution is -2.04. The monoisotopic (exact) mass is 262 g/mol. The minimum absolute atomic E-state index is 0.185. The van der Waals surface area contributed by atoms with Gasteiger partial charge in [0.1, 0.15) is 5.78 Å². The van der Waals surface area contributed by atoms with Crippen LogP contribution in [0.5, 0.6) is 0 Å². The van der Waals surface area contributed by atoms with Crippen LogP contribution in [0.15, 0.2) is 28.8 Å². The molecule has 92 valence electrons. The smallest absolute Gasteiger partial charge is 0.234 e. The highest BCUT2D eigenvalue weighted by Crippen LogP contribution is 2.31. The van der Waals surface area contributed by atoms with Crippen LogP contribution in [0.3, 0.4) is 0 Å². The standard InChI is InChI=1S/C13H11ClN2O2/c14-10-4-2-1-3-9(10)13-15-12(18-16-13)7-11(17)8-5-6-8/h1-4,8H,5-7H2. The van der Waals surface area contributed by atoms with E-state index < -0.39 is 0 Å². The number of Topliss-reactive ketones (excluding diaryl/α,β-unsaturated/α-hetero) is 1. The summed E-state index contributed by atoms with van der Waals surface area (Å²) in [7, 11) is 0. The first-order valence-electron chi connectivity index (χ1n) is 5.84. The van der Waals surface area contributed by atoms with E-state index in [4.69, 9.17) is 16.1 Å². The maximum Gasteiger partial charge on any atom is 0.234 e. The molecule has 0 spiro atoms. The van der Waals surface area contributed by atoms with Crippen LogP contribution in [-0.4, -0.2) is 15.9 Å². The first-order chi connectivity index (χ1) is 8.74. The number of hydrogen-bond acceptors (Lipinski definition) is 4. The van der Waals surface area contributed by atoms with Gasteiger partial charge in [-0.05, 0) is 25.0 Å². The molecule has 0 radical (unpaired) electrons. The molecule has 0 unspecified atom stereocenters. The molecule has 1 aliphatic carbocycles. The van der Waals surface area contributed by atoms with Gasteiger partial charge in [0, 0.05) is 11.5 Å². The Labute approximate surface area is 109 Å². The van der Waals surface area contributed by atoms with E-state index in [-0.39, 0.29) is 18.1 Å². The Bertz CT molecular complexity index is 590. The molecule has 1 saturated carbocycles. The molecular weight excluding hydrogens is 252 g/mol. The van der Waals surface area contributed by atoms with Crippen LogP contribution in [0.4, 0.5) is 0 Å². The van der Waals surface area contributed by atoms with E-state index in [9.17, 15) is 4.79 Å². The Morgan fingerprint density at radius 1 is 1.39 bits per heavy atom. The van der Waals surface area contributed by atoms with Crippen molar-refractivity contribution >= 4 is 17.4 Å². The van der Waals surface area contributed by atoms with E-state index in [1.54, 1.807) is 6.07 Å².